The number of hydrogen-bond donors (Lipinski definition) is 1. The molecule has 0 aliphatic heterocycles. The highest BCUT2D eigenvalue weighted by molar-refractivity contribution is 7.13. The van der Waals surface area contributed by atoms with E-state index in [0.717, 1.165) is 33.0 Å². The van der Waals surface area contributed by atoms with Crippen LogP contribution in [0.25, 0.3) is 21.7 Å². The van der Waals surface area contributed by atoms with E-state index in [9.17, 15) is 0 Å². The largest absolute Gasteiger partial charge is 0.495 e. The molecular formula is C16H19N3OS. The molecular weight excluding hydrogens is 282 g/mol. The minimum Gasteiger partial charge on any atom is -0.495 e. The van der Waals surface area contributed by atoms with Crippen LogP contribution in [0, 0.1) is 0 Å². The van der Waals surface area contributed by atoms with E-state index in [2.05, 4.69) is 36.6 Å². The molecule has 5 heteroatoms. The minimum absolute atomic E-state index is 0.320. The number of nitrogens with two attached hydrogens (primary N) is 1. The molecule has 0 radical (unpaired) electrons. The van der Waals surface area contributed by atoms with E-state index in [0.29, 0.717) is 12.6 Å². The molecule has 3 aromatic rings. The second-order valence-corrected chi connectivity index (χ2v) is 6.16. The van der Waals surface area contributed by atoms with E-state index in [-0.39, 0.29) is 0 Å². The van der Waals surface area contributed by atoms with Crippen molar-refractivity contribution in [3.63, 3.8) is 0 Å². The van der Waals surface area contributed by atoms with E-state index in [1.54, 1.807) is 18.4 Å². The summed E-state index contributed by atoms with van der Waals surface area (Å²) >= 11 is 1.65. The van der Waals surface area contributed by atoms with Crippen LogP contribution in [0.5, 0.6) is 5.75 Å². The van der Waals surface area contributed by atoms with Crippen molar-refractivity contribution in [3.05, 3.63) is 35.2 Å². The minimum atomic E-state index is 0.320. The summed E-state index contributed by atoms with van der Waals surface area (Å²) in [6.07, 6.45) is 0. The fraction of sp³-hybridized carbons (Fsp3) is 0.312. The molecule has 0 bridgehead atoms. The van der Waals surface area contributed by atoms with Crippen molar-refractivity contribution in [3.8, 4) is 16.5 Å². The van der Waals surface area contributed by atoms with Crippen LogP contribution in [0.15, 0.2) is 29.6 Å². The van der Waals surface area contributed by atoms with Gasteiger partial charge in [0.05, 0.1) is 18.1 Å². The number of fused-ring (bicyclic) bond motifs is 1. The lowest BCUT2D eigenvalue weighted by Gasteiger charge is -2.13. The Morgan fingerprint density at radius 3 is 2.81 bits per heavy atom. The second kappa shape index (κ2) is 5.50. The molecule has 2 N–H and O–H groups in total. The molecule has 0 aliphatic rings. The van der Waals surface area contributed by atoms with Gasteiger partial charge in [0, 0.05) is 12.6 Å². The van der Waals surface area contributed by atoms with Gasteiger partial charge < -0.3 is 15.0 Å². The monoisotopic (exact) mass is 301 g/mol. The predicted molar refractivity (Wildman–Crippen MR) is 87.9 cm³/mol. The molecule has 110 valence electrons. The van der Waals surface area contributed by atoms with Crippen LogP contribution in [0.2, 0.25) is 0 Å². The van der Waals surface area contributed by atoms with Crippen molar-refractivity contribution in [1.82, 2.24) is 9.55 Å². The zero-order chi connectivity index (χ0) is 15.0. The lowest BCUT2D eigenvalue weighted by atomic mass is 10.2. The van der Waals surface area contributed by atoms with Crippen molar-refractivity contribution < 1.29 is 4.74 Å². The Bertz CT molecular complexity index is 773. The number of hydrogen-bond acceptors (Lipinski definition) is 4. The van der Waals surface area contributed by atoms with E-state index >= 15 is 0 Å². The van der Waals surface area contributed by atoms with Crippen LogP contribution in [-0.2, 0) is 6.54 Å². The maximum Gasteiger partial charge on any atom is 0.155 e. The van der Waals surface area contributed by atoms with Gasteiger partial charge in [-0.3, -0.25) is 0 Å². The normalized spacial score (nSPS) is 11.5. The van der Waals surface area contributed by atoms with E-state index in [1.165, 1.54) is 0 Å². The summed E-state index contributed by atoms with van der Waals surface area (Å²) in [6.45, 7) is 4.87. The smallest absolute Gasteiger partial charge is 0.155 e. The van der Waals surface area contributed by atoms with Gasteiger partial charge in [-0.25, -0.2) is 4.98 Å². The predicted octanol–water partition coefficient (Wildman–Crippen LogP) is 3.81. The molecule has 0 spiro atoms. The van der Waals surface area contributed by atoms with Crippen molar-refractivity contribution in [2.45, 2.75) is 26.4 Å². The topological polar surface area (TPSA) is 53.1 Å². The first-order chi connectivity index (χ1) is 10.2. The molecule has 3 rings (SSSR count). The number of rotatable bonds is 4. The molecule has 21 heavy (non-hydrogen) atoms. The summed E-state index contributed by atoms with van der Waals surface area (Å²) in [6, 6.07) is 8.54. The molecule has 0 amide bonds. The number of methoxy groups -OCH3 is 1. The number of imidazole rings is 1. The Hall–Kier alpha value is -1.85. The third-order valence-corrected chi connectivity index (χ3v) is 4.45. The fourth-order valence-corrected chi connectivity index (χ4v) is 3.42. The van der Waals surface area contributed by atoms with Gasteiger partial charge in [0.1, 0.15) is 10.6 Å². The van der Waals surface area contributed by atoms with Crippen LogP contribution in [0.3, 0.4) is 0 Å². The number of benzene rings is 1. The molecule has 2 heterocycles. The fourth-order valence-electron chi connectivity index (χ4n) is 2.58. The summed E-state index contributed by atoms with van der Waals surface area (Å²) in [5, 5.41) is 2.03. The van der Waals surface area contributed by atoms with Crippen molar-refractivity contribution in [2.75, 3.05) is 7.11 Å². The van der Waals surface area contributed by atoms with Gasteiger partial charge in [-0.1, -0.05) is 6.07 Å². The highest BCUT2D eigenvalue weighted by Gasteiger charge is 2.19. The molecule has 4 nitrogen and oxygen atoms in total. The lowest BCUT2D eigenvalue weighted by molar-refractivity contribution is 0.417. The van der Waals surface area contributed by atoms with E-state index in [1.807, 2.05) is 11.4 Å². The Labute approximate surface area is 128 Å². The lowest BCUT2D eigenvalue weighted by Crippen LogP contribution is -2.03. The molecule has 0 fully saturated rings. The zero-order valence-electron chi connectivity index (χ0n) is 12.5. The van der Waals surface area contributed by atoms with Crippen LogP contribution >= 0.6 is 11.3 Å². The number of ether oxygens (including phenoxy) is 1. The average molecular weight is 301 g/mol. The molecule has 0 saturated carbocycles. The van der Waals surface area contributed by atoms with Gasteiger partial charge in [0.15, 0.2) is 5.82 Å². The van der Waals surface area contributed by atoms with Gasteiger partial charge >= 0.3 is 0 Å². The molecule has 0 unspecified atom stereocenters. The third-order valence-electron chi connectivity index (χ3n) is 3.56. The summed E-state index contributed by atoms with van der Waals surface area (Å²) in [7, 11) is 1.69. The average Bonchev–Trinajstić information content (AvgIpc) is 3.09. The first-order valence-electron chi connectivity index (χ1n) is 6.98. The van der Waals surface area contributed by atoms with Gasteiger partial charge in [0.25, 0.3) is 0 Å². The summed E-state index contributed by atoms with van der Waals surface area (Å²) in [5.74, 6) is 1.83. The maximum atomic E-state index is 5.73. The number of thiophene rings is 1. The molecule has 0 atom stereocenters. The Morgan fingerprint density at radius 1 is 1.33 bits per heavy atom. The van der Waals surface area contributed by atoms with Crippen LogP contribution in [0.1, 0.15) is 25.5 Å². The van der Waals surface area contributed by atoms with Crippen LogP contribution < -0.4 is 10.5 Å². The summed E-state index contributed by atoms with van der Waals surface area (Å²) in [5.41, 5.74) is 8.95. The standard InChI is InChI=1S/C16H19N3OS/c1-10(2)19-13-5-4-11(9-17)8-12(13)18-16(19)15-14(20-3)6-7-21-15/h4-8,10H,9,17H2,1-3H3. The van der Waals surface area contributed by atoms with E-state index in [4.69, 9.17) is 15.5 Å². The van der Waals surface area contributed by atoms with Crippen molar-refractivity contribution >= 4 is 22.4 Å². The molecule has 2 aromatic heterocycles. The summed E-state index contributed by atoms with van der Waals surface area (Å²) in [4.78, 5) is 5.90. The maximum absolute atomic E-state index is 5.73. The SMILES string of the molecule is COc1ccsc1-c1nc2cc(CN)ccc2n1C(C)C. The van der Waals surface area contributed by atoms with Gasteiger partial charge in [-0.05, 0) is 43.0 Å². The highest BCUT2D eigenvalue weighted by Crippen LogP contribution is 2.38. The second-order valence-electron chi connectivity index (χ2n) is 5.24. The Kier molecular flexibility index (Phi) is 3.69. The number of aromatic nitrogens is 2. The molecule has 0 aliphatic carbocycles. The highest BCUT2D eigenvalue weighted by atomic mass is 32.1. The van der Waals surface area contributed by atoms with Gasteiger partial charge in [0.2, 0.25) is 0 Å². The van der Waals surface area contributed by atoms with Crippen LogP contribution in [-0.4, -0.2) is 16.7 Å². The first kappa shape index (κ1) is 14.1. The van der Waals surface area contributed by atoms with E-state index < -0.39 is 0 Å². The molecule has 0 saturated heterocycles. The molecule has 1 aromatic carbocycles. The van der Waals surface area contributed by atoms with Crippen molar-refractivity contribution in [2.24, 2.45) is 5.73 Å². The Balaban J connectivity index is 2.28. The zero-order valence-corrected chi connectivity index (χ0v) is 13.3. The Morgan fingerprint density at radius 2 is 2.14 bits per heavy atom. The van der Waals surface area contributed by atoms with Crippen LogP contribution in [0.4, 0.5) is 0 Å². The quantitative estimate of drug-likeness (QED) is 0.797. The number of nitrogens with zero attached hydrogens (tertiary/aromatic N) is 2. The first-order valence-corrected chi connectivity index (χ1v) is 7.86. The van der Waals surface area contributed by atoms with Gasteiger partial charge in [-0.15, -0.1) is 11.3 Å². The summed E-state index contributed by atoms with van der Waals surface area (Å²) < 4.78 is 7.71. The van der Waals surface area contributed by atoms with Crippen molar-refractivity contribution in [1.29, 1.82) is 0 Å². The third kappa shape index (κ3) is 2.32. The van der Waals surface area contributed by atoms with Gasteiger partial charge in [-0.2, -0.15) is 0 Å².